The summed E-state index contributed by atoms with van der Waals surface area (Å²) in [5.41, 5.74) is -1.10. The molecule has 1 N–H and O–H groups in total. The van der Waals surface area contributed by atoms with Gasteiger partial charge >= 0.3 is 0 Å². The molecule has 0 spiro atoms. The first-order valence-electron chi connectivity index (χ1n) is 6.10. The number of hydrogen-bond acceptors (Lipinski definition) is 2. The van der Waals surface area contributed by atoms with Crippen LogP contribution >= 0.6 is 0 Å². The molecular formula is C14H6F5NO2S. The Hall–Kier alpha value is -2.42. The Morgan fingerprint density at radius 1 is 0.739 bits per heavy atom. The van der Waals surface area contributed by atoms with Crippen LogP contribution in [0.5, 0.6) is 0 Å². The molecule has 1 aromatic heterocycles. The van der Waals surface area contributed by atoms with Gasteiger partial charge in [0.15, 0.2) is 34.1 Å². The summed E-state index contributed by atoms with van der Waals surface area (Å²) < 4.78 is 92.6. The summed E-state index contributed by atoms with van der Waals surface area (Å²) in [5.74, 6) is -10.0. The van der Waals surface area contributed by atoms with Crippen molar-refractivity contribution in [3.05, 3.63) is 59.4 Å². The second-order valence-corrected chi connectivity index (χ2v) is 6.48. The second kappa shape index (κ2) is 5.05. The minimum absolute atomic E-state index is 0.354. The fourth-order valence-corrected chi connectivity index (χ4v) is 3.47. The van der Waals surface area contributed by atoms with Crippen molar-refractivity contribution in [2.45, 2.75) is 9.92 Å². The molecule has 0 aliphatic carbocycles. The van der Waals surface area contributed by atoms with Gasteiger partial charge in [0.2, 0.25) is 9.84 Å². The van der Waals surface area contributed by atoms with Gasteiger partial charge in [-0.1, -0.05) is 18.2 Å². The third-order valence-corrected chi connectivity index (χ3v) is 4.96. The number of fused-ring (bicyclic) bond motifs is 1. The lowest BCUT2D eigenvalue weighted by atomic mass is 10.2. The van der Waals surface area contributed by atoms with Gasteiger partial charge in [-0.15, -0.1) is 0 Å². The van der Waals surface area contributed by atoms with E-state index in [1.165, 1.54) is 18.2 Å². The molecule has 0 bridgehead atoms. The van der Waals surface area contributed by atoms with Crippen LogP contribution in [-0.2, 0) is 9.84 Å². The van der Waals surface area contributed by atoms with Crippen LogP contribution in [0.25, 0.3) is 10.9 Å². The predicted octanol–water partition coefficient (Wildman–Crippen LogP) is 3.70. The lowest BCUT2D eigenvalue weighted by Crippen LogP contribution is -2.04. The van der Waals surface area contributed by atoms with Crippen LogP contribution in [0.4, 0.5) is 22.0 Å². The number of hydrogen-bond donors (Lipinski definition) is 1. The fourth-order valence-electron chi connectivity index (χ4n) is 2.14. The Balaban J connectivity index is 2.40. The van der Waals surface area contributed by atoms with E-state index in [0.29, 0.717) is 0 Å². The summed E-state index contributed by atoms with van der Waals surface area (Å²) in [6.45, 7) is 0. The Morgan fingerprint density at radius 2 is 1.30 bits per heavy atom. The summed E-state index contributed by atoms with van der Waals surface area (Å²) in [5, 5.41) is -2.47. The van der Waals surface area contributed by atoms with Gasteiger partial charge in [0, 0.05) is 0 Å². The molecule has 1 heterocycles. The zero-order valence-electron chi connectivity index (χ0n) is 11.0. The summed E-state index contributed by atoms with van der Waals surface area (Å²) in [4.78, 5) is 1.44. The number of rotatable bonds is 2. The van der Waals surface area contributed by atoms with Gasteiger partial charge in [0.25, 0.3) is 0 Å². The largest absolute Gasteiger partial charge is 0.340 e. The average molecular weight is 347 g/mol. The van der Waals surface area contributed by atoms with Crippen molar-refractivity contribution >= 4 is 20.7 Å². The highest BCUT2D eigenvalue weighted by atomic mass is 32.2. The summed E-state index contributed by atoms with van der Waals surface area (Å²) in [6, 6.07) is 6.48. The molecular weight excluding hydrogens is 341 g/mol. The molecule has 0 aliphatic heterocycles. The molecule has 0 saturated carbocycles. The molecule has 0 amide bonds. The van der Waals surface area contributed by atoms with E-state index in [-0.39, 0.29) is 4.90 Å². The highest BCUT2D eigenvalue weighted by molar-refractivity contribution is 7.91. The van der Waals surface area contributed by atoms with Crippen LogP contribution in [-0.4, -0.2) is 13.4 Å². The van der Waals surface area contributed by atoms with Gasteiger partial charge in [0.05, 0.1) is 15.8 Å². The number of sulfone groups is 1. The molecule has 0 aliphatic rings. The standard InChI is InChI=1S/C14H6F5NO2S/c15-8-7-9(16)14(20-13(7)12(19)11(18)10(8)17)23(21,22)6-4-2-1-3-5-6/h1-5,20H. The monoisotopic (exact) mass is 347 g/mol. The molecule has 0 fully saturated rings. The predicted molar refractivity (Wildman–Crippen MR) is 70.0 cm³/mol. The van der Waals surface area contributed by atoms with Crippen molar-refractivity contribution < 1.29 is 30.4 Å². The number of aromatic nitrogens is 1. The van der Waals surface area contributed by atoms with Crippen LogP contribution in [0.2, 0.25) is 0 Å². The van der Waals surface area contributed by atoms with Gasteiger partial charge in [-0.05, 0) is 12.1 Å². The van der Waals surface area contributed by atoms with Crippen LogP contribution in [0.1, 0.15) is 0 Å². The average Bonchev–Trinajstić information content (AvgIpc) is 2.90. The van der Waals surface area contributed by atoms with Crippen molar-refractivity contribution in [1.29, 1.82) is 0 Å². The van der Waals surface area contributed by atoms with Crippen LogP contribution in [0, 0.1) is 29.1 Å². The minimum atomic E-state index is -4.50. The maximum absolute atomic E-state index is 14.3. The SMILES string of the molecule is O=S(=O)(c1ccccc1)c1[nH]c2c(F)c(F)c(F)c(F)c2c1F. The number of H-pyrrole nitrogens is 1. The van der Waals surface area contributed by atoms with Gasteiger partial charge in [-0.25, -0.2) is 30.4 Å². The van der Waals surface area contributed by atoms with Crippen LogP contribution in [0.15, 0.2) is 40.3 Å². The second-order valence-electron chi connectivity index (χ2n) is 4.59. The summed E-state index contributed by atoms with van der Waals surface area (Å²) >= 11 is 0. The van der Waals surface area contributed by atoms with Gasteiger partial charge < -0.3 is 4.98 Å². The zero-order chi connectivity index (χ0) is 16.9. The fraction of sp³-hybridized carbons (Fsp3) is 0. The maximum Gasteiger partial charge on any atom is 0.224 e. The molecule has 0 saturated heterocycles. The normalized spacial score (nSPS) is 12.0. The molecule has 0 radical (unpaired) electrons. The third-order valence-electron chi connectivity index (χ3n) is 3.25. The molecule has 0 unspecified atom stereocenters. The molecule has 3 rings (SSSR count). The minimum Gasteiger partial charge on any atom is -0.340 e. The Labute approximate surface area is 126 Å². The van der Waals surface area contributed by atoms with E-state index >= 15 is 0 Å². The third kappa shape index (κ3) is 2.11. The number of nitrogens with one attached hydrogen (secondary N) is 1. The van der Waals surface area contributed by atoms with Crippen LogP contribution < -0.4 is 0 Å². The highest BCUT2D eigenvalue weighted by Gasteiger charge is 2.32. The molecule has 0 atom stereocenters. The van der Waals surface area contributed by atoms with E-state index in [1.807, 2.05) is 0 Å². The zero-order valence-corrected chi connectivity index (χ0v) is 11.8. The topological polar surface area (TPSA) is 49.9 Å². The molecule has 120 valence electrons. The first kappa shape index (κ1) is 15.5. The van der Waals surface area contributed by atoms with Crippen molar-refractivity contribution in [1.82, 2.24) is 4.98 Å². The number of aromatic amines is 1. The quantitative estimate of drug-likeness (QED) is 0.437. The van der Waals surface area contributed by atoms with Gasteiger partial charge in [-0.3, -0.25) is 0 Å². The summed E-state index contributed by atoms with van der Waals surface area (Å²) in [6.07, 6.45) is 0. The first-order chi connectivity index (χ1) is 10.8. The smallest absolute Gasteiger partial charge is 0.224 e. The van der Waals surface area contributed by atoms with Crippen molar-refractivity contribution in [2.75, 3.05) is 0 Å². The Morgan fingerprint density at radius 3 is 1.91 bits per heavy atom. The highest BCUT2D eigenvalue weighted by Crippen LogP contribution is 2.33. The molecule has 23 heavy (non-hydrogen) atoms. The van der Waals surface area contributed by atoms with Gasteiger partial charge in [0.1, 0.15) is 0 Å². The Kier molecular flexibility index (Phi) is 3.40. The van der Waals surface area contributed by atoms with Gasteiger partial charge in [-0.2, -0.15) is 0 Å². The van der Waals surface area contributed by atoms with E-state index in [0.717, 1.165) is 12.1 Å². The maximum atomic E-state index is 14.3. The van der Waals surface area contributed by atoms with E-state index in [4.69, 9.17) is 0 Å². The Bertz CT molecular complexity index is 1030. The van der Waals surface area contributed by atoms with Crippen LogP contribution in [0.3, 0.4) is 0 Å². The van der Waals surface area contributed by atoms with Crippen molar-refractivity contribution in [3.63, 3.8) is 0 Å². The number of halogens is 5. The van der Waals surface area contributed by atoms with E-state index < -0.39 is 54.9 Å². The van der Waals surface area contributed by atoms with E-state index in [2.05, 4.69) is 0 Å². The van der Waals surface area contributed by atoms with Crippen molar-refractivity contribution in [2.24, 2.45) is 0 Å². The lowest BCUT2D eigenvalue weighted by Gasteiger charge is -2.01. The van der Waals surface area contributed by atoms with E-state index in [1.54, 1.807) is 4.98 Å². The summed E-state index contributed by atoms with van der Waals surface area (Å²) in [7, 11) is -4.50. The lowest BCUT2D eigenvalue weighted by molar-refractivity contribution is 0.416. The number of benzene rings is 2. The first-order valence-corrected chi connectivity index (χ1v) is 7.58. The molecule has 2 aromatic carbocycles. The molecule has 3 aromatic rings. The van der Waals surface area contributed by atoms with E-state index in [9.17, 15) is 30.4 Å². The van der Waals surface area contributed by atoms with Crippen molar-refractivity contribution in [3.8, 4) is 0 Å². The molecule has 3 nitrogen and oxygen atoms in total. The molecule has 9 heteroatoms.